The summed E-state index contributed by atoms with van der Waals surface area (Å²) >= 11 is 1.19. The minimum absolute atomic E-state index is 0.0332. The molecular weight excluding hydrogens is 549 g/mol. The molecule has 0 aromatic heterocycles. The highest BCUT2D eigenvalue weighted by atomic mass is 32.2. The van der Waals surface area contributed by atoms with E-state index in [1.807, 2.05) is 121 Å². The molecule has 0 bridgehead atoms. The number of alkyl halides is 3. The molecule has 0 amide bonds. The van der Waals surface area contributed by atoms with Gasteiger partial charge in [-0.1, -0.05) is 121 Å². The van der Waals surface area contributed by atoms with E-state index in [1.54, 1.807) is 0 Å². The van der Waals surface area contributed by atoms with Crippen LogP contribution in [0.3, 0.4) is 0 Å². The molecular formula is C33H31F3O4S. The summed E-state index contributed by atoms with van der Waals surface area (Å²) in [6.45, 7) is 0.234. The van der Waals surface area contributed by atoms with Crippen LogP contribution in [0.15, 0.2) is 126 Å². The summed E-state index contributed by atoms with van der Waals surface area (Å²) in [5.74, 6) is 0. The van der Waals surface area contributed by atoms with Crippen LogP contribution in [0.2, 0.25) is 0 Å². The Morgan fingerprint density at radius 1 is 0.537 bits per heavy atom. The van der Waals surface area contributed by atoms with E-state index in [-0.39, 0.29) is 19.8 Å². The maximum atomic E-state index is 14.6. The second-order valence-electron chi connectivity index (χ2n) is 9.68. The largest absolute Gasteiger partial charge is 0.417 e. The third-order valence-corrected chi connectivity index (χ3v) is 7.82. The van der Waals surface area contributed by atoms with Crippen molar-refractivity contribution in [1.29, 1.82) is 0 Å². The van der Waals surface area contributed by atoms with Crippen LogP contribution in [0.4, 0.5) is 13.2 Å². The van der Waals surface area contributed by atoms with Gasteiger partial charge in [0.25, 0.3) is 0 Å². The van der Waals surface area contributed by atoms with Gasteiger partial charge in [0.05, 0.1) is 19.8 Å². The van der Waals surface area contributed by atoms with Gasteiger partial charge in [0.1, 0.15) is 23.7 Å². The van der Waals surface area contributed by atoms with Gasteiger partial charge in [0.2, 0.25) is 0 Å². The van der Waals surface area contributed by atoms with E-state index < -0.39 is 36.0 Å². The van der Waals surface area contributed by atoms with E-state index in [4.69, 9.17) is 18.9 Å². The summed E-state index contributed by atoms with van der Waals surface area (Å²) in [5, 5.41) is 0. The Hall–Kier alpha value is -3.14. The molecule has 4 aromatic carbocycles. The molecule has 0 N–H and O–H groups in total. The monoisotopic (exact) mass is 580 g/mol. The maximum absolute atomic E-state index is 14.6. The average molecular weight is 581 g/mol. The van der Waals surface area contributed by atoms with Gasteiger partial charge >= 0.3 is 6.18 Å². The number of ether oxygens (including phenoxy) is 4. The minimum atomic E-state index is -4.70. The van der Waals surface area contributed by atoms with Crippen molar-refractivity contribution < 1.29 is 32.1 Å². The Kier molecular flexibility index (Phi) is 10.1. The molecule has 4 nitrogen and oxygen atoms in total. The number of hydrogen-bond acceptors (Lipinski definition) is 5. The fourth-order valence-corrected chi connectivity index (χ4v) is 5.78. The fraction of sp³-hybridized carbons (Fsp3) is 0.273. The van der Waals surface area contributed by atoms with Crippen molar-refractivity contribution in [3.63, 3.8) is 0 Å². The topological polar surface area (TPSA) is 36.9 Å². The highest BCUT2D eigenvalue weighted by molar-refractivity contribution is 7.99. The molecule has 0 aliphatic carbocycles. The van der Waals surface area contributed by atoms with Crippen molar-refractivity contribution in [1.82, 2.24) is 0 Å². The van der Waals surface area contributed by atoms with Crippen molar-refractivity contribution >= 4 is 11.8 Å². The third-order valence-electron chi connectivity index (χ3n) is 6.67. The highest BCUT2D eigenvalue weighted by Crippen LogP contribution is 2.42. The Morgan fingerprint density at radius 3 is 1.37 bits per heavy atom. The predicted molar refractivity (Wildman–Crippen MR) is 152 cm³/mol. The third kappa shape index (κ3) is 8.21. The first kappa shape index (κ1) is 29.4. The minimum Gasteiger partial charge on any atom is -0.368 e. The number of rotatable bonds is 11. The van der Waals surface area contributed by atoms with Gasteiger partial charge in [-0.3, -0.25) is 0 Å². The van der Waals surface area contributed by atoms with E-state index in [2.05, 4.69) is 0 Å². The molecule has 1 saturated heterocycles. The van der Waals surface area contributed by atoms with Gasteiger partial charge in [0.15, 0.2) is 6.10 Å². The molecule has 8 heteroatoms. The molecule has 1 heterocycles. The van der Waals surface area contributed by atoms with Crippen LogP contribution in [0.25, 0.3) is 0 Å². The Morgan fingerprint density at radius 2 is 0.927 bits per heavy atom. The SMILES string of the molecule is FC(F)(F)[C@@H]1O[C@@H](Sc2ccccc2)[C@H](OCc2ccccc2)[C@H](OCc2ccccc2)[C@H]1OCc1ccccc1. The lowest BCUT2D eigenvalue weighted by molar-refractivity contribution is -0.317. The van der Waals surface area contributed by atoms with Gasteiger partial charge in [0, 0.05) is 4.90 Å². The van der Waals surface area contributed by atoms with Crippen molar-refractivity contribution in [2.24, 2.45) is 0 Å². The summed E-state index contributed by atoms with van der Waals surface area (Å²) < 4.78 is 68.5. The molecule has 5 rings (SSSR count). The van der Waals surface area contributed by atoms with Crippen LogP contribution < -0.4 is 0 Å². The highest BCUT2D eigenvalue weighted by Gasteiger charge is 2.58. The number of hydrogen-bond donors (Lipinski definition) is 0. The molecule has 1 fully saturated rings. The summed E-state index contributed by atoms with van der Waals surface area (Å²) in [4.78, 5) is 0.761. The molecule has 41 heavy (non-hydrogen) atoms. The zero-order valence-electron chi connectivity index (χ0n) is 22.2. The normalized spacial score (nSPS) is 22.9. The quantitative estimate of drug-likeness (QED) is 0.181. The van der Waals surface area contributed by atoms with Crippen molar-refractivity contribution in [2.75, 3.05) is 0 Å². The summed E-state index contributed by atoms with van der Waals surface area (Å²) in [7, 11) is 0. The van der Waals surface area contributed by atoms with Crippen molar-refractivity contribution in [3.8, 4) is 0 Å². The summed E-state index contributed by atoms with van der Waals surface area (Å²) in [5.41, 5.74) is 1.46. The lowest BCUT2D eigenvalue weighted by Gasteiger charge is -2.46. The first-order valence-corrected chi connectivity index (χ1v) is 14.3. The summed E-state index contributed by atoms with van der Waals surface area (Å²) in [6.07, 6.45) is -10.3. The lowest BCUT2D eigenvalue weighted by atomic mass is 9.98. The molecule has 5 atom stereocenters. The molecule has 214 valence electrons. The predicted octanol–water partition coefficient (Wildman–Crippen LogP) is 7.82. The Labute approximate surface area is 242 Å². The molecule has 0 saturated carbocycles. The lowest BCUT2D eigenvalue weighted by Crippen LogP contribution is -2.63. The second-order valence-corrected chi connectivity index (χ2v) is 10.9. The van der Waals surface area contributed by atoms with Crippen LogP contribution in [0, 0.1) is 0 Å². The van der Waals surface area contributed by atoms with Crippen LogP contribution in [-0.2, 0) is 38.8 Å². The first-order valence-electron chi connectivity index (χ1n) is 13.4. The molecule has 0 radical (unpaired) electrons. The smallest absolute Gasteiger partial charge is 0.368 e. The molecule has 1 aliphatic rings. The van der Waals surface area contributed by atoms with Gasteiger partial charge in [-0.05, 0) is 28.8 Å². The number of thioether (sulfide) groups is 1. The first-order chi connectivity index (χ1) is 20.0. The van der Waals surface area contributed by atoms with Crippen LogP contribution in [-0.4, -0.2) is 36.0 Å². The fourth-order valence-electron chi connectivity index (χ4n) is 4.65. The Balaban J connectivity index is 1.49. The zero-order valence-corrected chi connectivity index (χ0v) is 23.0. The molecule has 0 unspecified atom stereocenters. The van der Waals surface area contributed by atoms with Crippen LogP contribution in [0.1, 0.15) is 16.7 Å². The summed E-state index contributed by atoms with van der Waals surface area (Å²) in [6, 6.07) is 37.1. The second kappa shape index (κ2) is 14.2. The van der Waals surface area contributed by atoms with E-state index in [9.17, 15) is 13.2 Å². The zero-order chi connectivity index (χ0) is 28.5. The Bertz CT molecular complexity index is 1310. The van der Waals surface area contributed by atoms with E-state index in [0.717, 1.165) is 21.6 Å². The van der Waals surface area contributed by atoms with E-state index in [0.29, 0.717) is 0 Å². The molecule has 1 aliphatic heterocycles. The maximum Gasteiger partial charge on any atom is 0.417 e. The number of halogens is 3. The van der Waals surface area contributed by atoms with Gasteiger partial charge in [-0.15, -0.1) is 0 Å². The van der Waals surface area contributed by atoms with E-state index >= 15 is 0 Å². The van der Waals surface area contributed by atoms with Crippen LogP contribution in [0.5, 0.6) is 0 Å². The van der Waals surface area contributed by atoms with Gasteiger partial charge < -0.3 is 18.9 Å². The van der Waals surface area contributed by atoms with Gasteiger partial charge in [-0.2, -0.15) is 13.2 Å². The van der Waals surface area contributed by atoms with E-state index in [1.165, 1.54) is 11.8 Å². The average Bonchev–Trinajstić information content (AvgIpc) is 3.00. The number of benzene rings is 4. The molecule has 4 aromatic rings. The molecule has 0 spiro atoms. The van der Waals surface area contributed by atoms with Crippen LogP contribution >= 0.6 is 11.8 Å². The van der Waals surface area contributed by atoms with Crippen molar-refractivity contribution in [3.05, 3.63) is 138 Å². The van der Waals surface area contributed by atoms with Crippen molar-refractivity contribution in [2.45, 2.75) is 60.7 Å². The van der Waals surface area contributed by atoms with Gasteiger partial charge in [-0.25, -0.2) is 0 Å². The standard InChI is InChI=1S/C33H31F3O4S/c34-33(35,36)31-29(38-22-25-15-7-2-8-16-25)28(37-21-24-13-5-1-6-14-24)30(39-23-26-17-9-3-10-18-26)32(40-31)41-27-19-11-4-12-20-27/h1-20,28-32H,21-23H2/t28-,29-,30-,31-,32+/m1/s1.